The lowest BCUT2D eigenvalue weighted by atomic mass is 10.00. The smallest absolute Gasteiger partial charge is 0.462 e. The third kappa shape index (κ3) is 71.1. The van der Waals surface area contributed by atoms with Gasteiger partial charge >= 0.3 is 39.5 Å². The number of hydrogen-bond donors (Lipinski definition) is 3. The van der Waals surface area contributed by atoms with E-state index in [0.717, 1.165) is 114 Å². The second-order valence-corrected chi connectivity index (χ2v) is 33.0. The molecule has 0 aromatic rings. The predicted molar refractivity (Wildman–Crippen MR) is 400 cm³/mol. The SMILES string of the molecule is CCC(C)CCCCCCCCC(=O)OC[C@H](COP(=O)(O)OC[C@H](O)COP(=O)(O)OC[C@@H](COC(=O)CCCCCCCCCCCCCCCCCCC(C)C)OC(=O)CCCCCCCCCC(C)C)OC(=O)CCCCCCCCCCCCCCCCCCC(C)C. The lowest BCUT2D eigenvalue weighted by Crippen LogP contribution is -2.30. The minimum Gasteiger partial charge on any atom is -0.462 e. The molecule has 19 heteroatoms. The molecular formula is C79H154O17P2. The van der Waals surface area contributed by atoms with Crippen LogP contribution in [0.5, 0.6) is 0 Å². The number of ether oxygens (including phenoxy) is 4. The molecule has 0 heterocycles. The predicted octanol–water partition coefficient (Wildman–Crippen LogP) is 23.2. The van der Waals surface area contributed by atoms with Gasteiger partial charge in [-0.15, -0.1) is 0 Å². The summed E-state index contributed by atoms with van der Waals surface area (Å²) in [5.41, 5.74) is 0. The molecule has 0 radical (unpaired) electrons. The largest absolute Gasteiger partial charge is 0.472 e. The highest BCUT2D eigenvalue weighted by molar-refractivity contribution is 7.47. The van der Waals surface area contributed by atoms with Crippen LogP contribution < -0.4 is 0 Å². The number of phosphoric ester groups is 2. The minimum absolute atomic E-state index is 0.103. The molecule has 6 atom stereocenters. The molecule has 0 aromatic carbocycles. The number of esters is 4. The summed E-state index contributed by atoms with van der Waals surface area (Å²) in [6.07, 6.45) is 54.4. The molecule has 3 unspecified atom stereocenters. The Kier molecular flexibility index (Phi) is 66.8. The number of carbonyl (C=O) groups is 4. The van der Waals surface area contributed by atoms with E-state index in [-0.39, 0.29) is 25.7 Å². The van der Waals surface area contributed by atoms with Crippen LogP contribution in [0.1, 0.15) is 402 Å². The van der Waals surface area contributed by atoms with Gasteiger partial charge in [0.2, 0.25) is 0 Å². The van der Waals surface area contributed by atoms with Crippen LogP contribution in [0.2, 0.25) is 0 Å². The van der Waals surface area contributed by atoms with Crippen LogP contribution >= 0.6 is 15.6 Å². The second-order valence-electron chi connectivity index (χ2n) is 30.1. The van der Waals surface area contributed by atoms with Gasteiger partial charge in [0.15, 0.2) is 12.2 Å². The van der Waals surface area contributed by atoms with Crippen molar-refractivity contribution < 1.29 is 80.2 Å². The summed E-state index contributed by atoms with van der Waals surface area (Å²) in [5.74, 6) is 0.927. The first-order valence-electron chi connectivity index (χ1n) is 40.7. The number of aliphatic hydroxyl groups excluding tert-OH is 1. The number of aliphatic hydroxyl groups is 1. The Morgan fingerprint density at radius 3 is 0.724 bits per heavy atom. The van der Waals surface area contributed by atoms with Crippen molar-refractivity contribution in [2.24, 2.45) is 23.7 Å². The molecule has 0 rings (SSSR count). The van der Waals surface area contributed by atoms with E-state index in [9.17, 15) is 43.2 Å². The molecule has 0 aliphatic heterocycles. The van der Waals surface area contributed by atoms with Gasteiger partial charge in [-0.1, -0.05) is 351 Å². The van der Waals surface area contributed by atoms with Gasteiger partial charge in [-0.25, -0.2) is 9.13 Å². The Labute approximate surface area is 600 Å². The van der Waals surface area contributed by atoms with Gasteiger partial charge in [-0.05, 0) is 49.4 Å². The van der Waals surface area contributed by atoms with E-state index in [1.165, 1.54) is 199 Å². The summed E-state index contributed by atoms with van der Waals surface area (Å²) in [4.78, 5) is 72.9. The lowest BCUT2D eigenvalue weighted by Gasteiger charge is -2.21. The fraction of sp³-hybridized carbons (Fsp3) is 0.949. The van der Waals surface area contributed by atoms with Crippen LogP contribution in [0.3, 0.4) is 0 Å². The van der Waals surface area contributed by atoms with E-state index in [4.69, 9.17) is 37.0 Å². The van der Waals surface area contributed by atoms with Crippen LogP contribution in [0, 0.1) is 23.7 Å². The number of carbonyl (C=O) groups excluding carboxylic acids is 4. The van der Waals surface area contributed by atoms with Crippen molar-refractivity contribution in [2.45, 2.75) is 420 Å². The summed E-state index contributed by atoms with van der Waals surface area (Å²) in [5, 5.41) is 10.6. The standard InChI is InChI=1S/C79H154O17P2/c1-9-72(8)58-50-42-37-38-44-52-60-77(82)90-66-75(95-78(83)61-53-45-35-29-25-21-17-13-11-15-19-23-27-32-40-48-56-70(4)5)68-94-98(87,88)92-64-73(80)63-91-97(85,86)93-67-74(96-79(84)62-54-46-36-30-33-41-49-57-71(6)7)65-89-76(81)59-51-43-34-28-24-20-16-12-10-14-18-22-26-31-39-47-55-69(2)3/h69-75,80H,9-68H2,1-8H3,(H,85,86)(H,87,88)/t72?,73-,74-,75-/m1/s1. The molecule has 0 fully saturated rings. The first-order chi connectivity index (χ1) is 47.1. The van der Waals surface area contributed by atoms with Crippen LogP contribution in [0.25, 0.3) is 0 Å². The van der Waals surface area contributed by atoms with Gasteiger partial charge in [0.25, 0.3) is 0 Å². The number of rotatable bonds is 76. The number of hydrogen-bond acceptors (Lipinski definition) is 15. The van der Waals surface area contributed by atoms with Gasteiger partial charge in [0, 0.05) is 25.7 Å². The van der Waals surface area contributed by atoms with Crippen molar-refractivity contribution in [3.63, 3.8) is 0 Å². The Balaban J connectivity index is 5.16. The van der Waals surface area contributed by atoms with Crippen LogP contribution in [-0.4, -0.2) is 96.7 Å². The van der Waals surface area contributed by atoms with E-state index >= 15 is 0 Å². The molecule has 0 amide bonds. The fourth-order valence-corrected chi connectivity index (χ4v) is 13.6. The highest BCUT2D eigenvalue weighted by Gasteiger charge is 2.30. The normalized spacial score (nSPS) is 14.3. The summed E-state index contributed by atoms with van der Waals surface area (Å²) >= 11 is 0. The Morgan fingerprint density at radius 2 is 0.490 bits per heavy atom. The minimum atomic E-state index is -4.96. The highest BCUT2D eigenvalue weighted by Crippen LogP contribution is 2.45. The molecule has 0 spiro atoms. The van der Waals surface area contributed by atoms with Crippen LogP contribution in [0.4, 0.5) is 0 Å². The molecule has 0 aliphatic rings. The van der Waals surface area contributed by atoms with Crippen molar-refractivity contribution in [3.8, 4) is 0 Å². The van der Waals surface area contributed by atoms with Crippen molar-refractivity contribution in [1.82, 2.24) is 0 Å². The van der Waals surface area contributed by atoms with Crippen LogP contribution in [-0.2, 0) is 65.4 Å². The maximum Gasteiger partial charge on any atom is 0.472 e. The molecule has 0 saturated carbocycles. The zero-order chi connectivity index (χ0) is 72.4. The lowest BCUT2D eigenvalue weighted by molar-refractivity contribution is -0.161. The van der Waals surface area contributed by atoms with E-state index < -0.39 is 97.5 Å². The first-order valence-corrected chi connectivity index (χ1v) is 43.7. The van der Waals surface area contributed by atoms with Crippen molar-refractivity contribution in [1.29, 1.82) is 0 Å². The quantitative estimate of drug-likeness (QED) is 0.0222. The topological polar surface area (TPSA) is 237 Å². The second kappa shape index (κ2) is 68.2. The molecule has 98 heavy (non-hydrogen) atoms. The monoisotopic (exact) mass is 1440 g/mol. The van der Waals surface area contributed by atoms with Crippen molar-refractivity contribution in [2.75, 3.05) is 39.6 Å². The van der Waals surface area contributed by atoms with Crippen LogP contribution in [0.15, 0.2) is 0 Å². The maximum absolute atomic E-state index is 13.1. The molecule has 0 aromatic heterocycles. The highest BCUT2D eigenvalue weighted by atomic mass is 31.2. The zero-order valence-electron chi connectivity index (χ0n) is 64.4. The van der Waals surface area contributed by atoms with Gasteiger partial charge < -0.3 is 33.8 Å². The van der Waals surface area contributed by atoms with Gasteiger partial charge in [-0.3, -0.25) is 37.3 Å². The molecule has 0 bridgehead atoms. The van der Waals surface area contributed by atoms with Crippen molar-refractivity contribution in [3.05, 3.63) is 0 Å². The molecule has 3 N–H and O–H groups in total. The molecule has 0 saturated heterocycles. The Morgan fingerprint density at radius 1 is 0.286 bits per heavy atom. The summed E-state index contributed by atoms with van der Waals surface area (Å²) in [6.45, 7) is 14.2. The summed E-state index contributed by atoms with van der Waals surface area (Å²) in [7, 11) is -9.92. The first kappa shape index (κ1) is 96.1. The maximum atomic E-state index is 13.1. The van der Waals surface area contributed by atoms with Gasteiger partial charge in [0.1, 0.15) is 19.3 Å². The Hall–Kier alpha value is -1.94. The average molecular weight is 1440 g/mol. The van der Waals surface area contributed by atoms with E-state index in [1.807, 2.05) is 0 Å². The van der Waals surface area contributed by atoms with Crippen molar-refractivity contribution >= 4 is 39.5 Å². The van der Waals surface area contributed by atoms with E-state index in [0.29, 0.717) is 31.6 Å². The third-order valence-electron chi connectivity index (χ3n) is 18.7. The molecule has 17 nitrogen and oxygen atoms in total. The van der Waals surface area contributed by atoms with E-state index in [1.54, 1.807) is 0 Å². The number of phosphoric acid groups is 2. The average Bonchev–Trinajstić information content (AvgIpc) is 1.07. The summed E-state index contributed by atoms with van der Waals surface area (Å²) in [6, 6.07) is 0. The molecule has 582 valence electrons. The van der Waals surface area contributed by atoms with Gasteiger partial charge in [-0.2, -0.15) is 0 Å². The fourth-order valence-electron chi connectivity index (χ4n) is 12.0. The Bertz CT molecular complexity index is 1920. The number of unbranched alkanes of at least 4 members (excludes halogenated alkanes) is 41. The zero-order valence-corrected chi connectivity index (χ0v) is 66.2. The summed E-state index contributed by atoms with van der Waals surface area (Å²) < 4.78 is 68.6. The molecular weight excluding hydrogens is 1280 g/mol. The molecule has 0 aliphatic carbocycles. The van der Waals surface area contributed by atoms with Gasteiger partial charge in [0.05, 0.1) is 26.4 Å². The third-order valence-corrected chi connectivity index (χ3v) is 20.6. The van der Waals surface area contributed by atoms with E-state index in [2.05, 4.69) is 55.4 Å².